The number of methoxy groups -OCH3 is 1. The molecule has 1 N–H and O–H groups in total. The number of hydrogen-bond acceptors (Lipinski definition) is 3. The second-order valence-electron chi connectivity index (χ2n) is 7.56. The molecule has 0 fully saturated rings. The predicted molar refractivity (Wildman–Crippen MR) is 116 cm³/mol. The molecule has 1 atom stereocenters. The highest BCUT2D eigenvalue weighted by atomic mass is 16.5. The standard InChI is InChI=1S/C24H32N2O3/c1-6-22(24(28)25-17(2)3)26(16-19-11-13-21(29-5)14-12-19)23(27)15-20-10-8-7-9-18(20)4/h7-14,17,22H,6,15-16H2,1-5H3,(H,25,28)/t22-/m1/s1. The molecule has 2 aromatic rings. The summed E-state index contributed by atoms with van der Waals surface area (Å²) in [5.74, 6) is 0.589. The van der Waals surface area contributed by atoms with Crippen LogP contribution in [0.15, 0.2) is 48.5 Å². The summed E-state index contributed by atoms with van der Waals surface area (Å²) in [6.07, 6.45) is 0.822. The lowest BCUT2D eigenvalue weighted by Gasteiger charge is -2.31. The van der Waals surface area contributed by atoms with Crippen LogP contribution in [0.2, 0.25) is 0 Å². The van der Waals surface area contributed by atoms with Gasteiger partial charge in [0.1, 0.15) is 11.8 Å². The molecular formula is C24H32N2O3. The third kappa shape index (κ3) is 6.34. The molecule has 5 heteroatoms. The Bertz CT molecular complexity index is 815. The van der Waals surface area contributed by atoms with E-state index in [1.54, 1.807) is 12.0 Å². The van der Waals surface area contributed by atoms with Gasteiger partial charge in [-0.15, -0.1) is 0 Å². The van der Waals surface area contributed by atoms with E-state index in [0.717, 1.165) is 22.4 Å². The summed E-state index contributed by atoms with van der Waals surface area (Å²) < 4.78 is 5.22. The van der Waals surface area contributed by atoms with Gasteiger partial charge in [-0.1, -0.05) is 43.3 Å². The number of carbonyl (C=O) groups excluding carboxylic acids is 2. The molecule has 0 aliphatic carbocycles. The maximum Gasteiger partial charge on any atom is 0.243 e. The van der Waals surface area contributed by atoms with Gasteiger partial charge in [0.25, 0.3) is 0 Å². The molecule has 0 bridgehead atoms. The Morgan fingerprint density at radius 2 is 1.72 bits per heavy atom. The number of rotatable bonds is 9. The van der Waals surface area contributed by atoms with Crippen LogP contribution in [0.3, 0.4) is 0 Å². The molecule has 0 heterocycles. The molecule has 2 amide bonds. The Kier molecular flexibility index (Phi) is 8.25. The number of benzene rings is 2. The summed E-state index contributed by atoms with van der Waals surface area (Å²) in [6.45, 7) is 8.16. The normalized spacial score (nSPS) is 11.8. The average Bonchev–Trinajstić information content (AvgIpc) is 2.69. The molecule has 156 valence electrons. The Hall–Kier alpha value is -2.82. The van der Waals surface area contributed by atoms with E-state index in [-0.39, 0.29) is 24.3 Å². The fourth-order valence-corrected chi connectivity index (χ4v) is 3.30. The number of nitrogens with zero attached hydrogens (tertiary/aromatic N) is 1. The third-order valence-corrected chi connectivity index (χ3v) is 4.93. The summed E-state index contributed by atoms with van der Waals surface area (Å²) in [4.78, 5) is 27.8. The van der Waals surface area contributed by atoms with Gasteiger partial charge < -0.3 is 15.0 Å². The molecular weight excluding hydrogens is 364 g/mol. The van der Waals surface area contributed by atoms with E-state index < -0.39 is 6.04 Å². The lowest BCUT2D eigenvalue weighted by molar-refractivity contribution is -0.141. The van der Waals surface area contributed by atoms with E-state index in [1.165, 1.54) is 0 Å². The number of nitrogens with one attached hydrogen (secondary N) is 1. The van der Waals surface area contributed by atoms with Gasteiger partial charge in [-0.2, -0.15) is 0 Å². The number of carbonyl (C=O) groups is 2. The lowest BCUT2D eigenvalue weighted by atomic mass is 10.0. The van der Waals surface area contributed by atoms with Crippen LogP contribution in [0.25, 0.3) is 0 Å². The first kappa shape index (κ1) is 22.5. The summed E-state index contributed by atoms with van der Waals surface area (Å²) >= 11 is 0. The van der Waals surface area contributed by atoms with Gasteiger partial charge in [0.2, 0.25) is 11.8 Å². The van der Waals surface area contributed by atoms with E-state index >= 15 is 0 Å². The second-order valence-corrected chi connectivity index (χ2v) is 7.56. The van der Waals surface area contributed by atoms with Gasteiger partial charge in [0.05, 0.1) is 13.5 Å². The molecule has 29 heavy (non-hydrogen) atoms. The zero-order valence-electron chi connectivity index (χ0n) is 18.1. The van der Waals surface area contributed by atoms with Crippen molar-refractivity contribution in [2.75, 3.05) is 7.11 Å². The number of hydrogen-bond donors (Lipinski definition) is 1. The smallest absolute Gasteiger partial charge is 0.243 e. The van der Waals surface area contributed by atoms with Gasteiger partial charge in [0, 0.05) is 12.6 Å². The first-order valence-corrected chi connectivity index (χ1v) is 10.1. The molecule has 2 rings (SSSR count). The Morgan fingerprint density at radius 1 is 1.07 bits per heavy atom. The van der Waals surface area contributed by atoms with Crippen molar-refractivity contribution in [2.45, 2.75) is 59.2 Å². The first-order chi connectivity index (χ1) is 13.8. The quantitative estimate of drug-likeness (QED) is 0.700. The van der Waals surface area contributed by atoms with E-state index in [4.69, 9.17) is 4.74 Å². The highest BCUT2D eigenvalue weighted by Gasteiger charge is 2.29. The molecule has 5 nitrogen and oxygen atoms in total. The highest BCUT2D eigenvalue weighted by molar-refractivity contribution is 5.88. The van der Waals surface area contributed by atoms with Crippen molar-refractivity contribution in [1.82, 2.24) is 10.2 Å². The molecule has 0 aliphatic rings. The summed E-state index contributed by atoms with van der Waals surface area (Å²) in [5.41, 5.74) is 3.01. The van der Waals surface area contributed by atoms with Crippen molar-refractivity contribution < 1.29 is 14.3 Å². The molecule has 2 aromatic carbocycles. The maximum atomic E-state index is 13.3. The van der Waals surface area contributed by atoms with Crippen molar-refractivity contribution >= 4 is 11.8 Å². The van der Waals surface area contributed by atoms with Gasteiger partial charge in [-0.25, -0.2) is 0 Å². The Labute approximate surface area is 174 Å². The molecule has 0 unspecified atom stereocenters. The minimum atomic E-state index is -0.518. The maximum absolute atomic E-state index is 13.3. The van der Waals surface area contributed by atoms with Crippen LogP contribution < -0.4 is 10.1 Å². The van der Waals surface area contributed by atoms with Crippen LogP contribution in [0, 0.1) is 6.92 Å². The van der Waals surface area contributed by atoms with Gasteiger partial charge in [-0.05, 0) is 56.0 Å². The van der Waals surface area contributed by atoms with E-state index in [9.17, 15) is 9.59 Å². The fraction of sp³-hybridized carbons (Fsp3) is 0.417. The lowest BCUT2D eigenvalue weighted by Crippen LogP contribution is -2.50. The first-order valence-electron chi connectivity index (χ1n) is 10.1. The largest absolute Gasteiger partial charge is 0.497 e. The van der Waals surface area contributed by atoms with E-state index in [0.29, 0.717) is 13.0 Å². The second kappa shape index (κ2) is 10.6. The highest BCUT2D eigenvalue weighted by Crippen LogP contribution is 2.18. The molecule has 0 spiro atoms. The minimum absolute atomic E-state index is 0.0193. The average molecular weight is 397 g/mol. The monoisotopic (exact) mass is 396 g/mol. The van der Waals surface area contributed by atoms with Crippen molar-refractivity contribution in [1.29, 1.82) is 0 Å². The van der Waals surface area contributed by atoms with Crippen molar-refractivity contribution in [3.05, 3.63) is 65.2 Å². The third-order valence-electron chi connectivity index (χ3n) is 4.93. The zero-order chi connectivity index (χ0) is 21.4. The van der Waals surface area contributed by atoms with Gasteiger partial charge >= 0.3 is 0 Å². The van der Waals surface area contributed by atoms with Crippen molar-refractivity contribution in [3.8, 4) is 5.75 Å². The number of aryl methyl sites for hydroxylation is 1. The van der Waals surface area contributed by atoms with E-state index in [1.807, 2.05) is 76.2 Å². The molecule has 0 radical (unpaired) electrons. The van der Waals surface area contributed by atoms with Crippen molar-refractivity contribution in [3.63, 3.8) is 0 Å². The minimum Gasteiger partial charge on any atom is -0.497 e. The predicted octanol–water partition coefficient (Wildman–Crippen LogP) is 3.88. The van der Waals surface area contributed by atoms with Crippen molar-refractivity contribution in [2.24, 2.45) is 0 Å². The van der Waals surface area contributed by atoms with Crippen LogP contribution in [-0.4, -0.2) is 35.9 Å². The van der Waals surface area contributed by atoms with Crippen LogP contribution >= 0.6 is 0 Å². The molecule has 0 aliphatic heterocycles. The zero-order valence-corrected chi connectivity index (χ0v) is 18.1. The van der Waals surface area contributed by atoms with Gasteiger partial charge in [0.15, 0.2) is 0 Å². The fourth-order valence-electron chi connectivity index (χ4n) is 3.30. The van der Waals surface area contributed by atoms with Crippen LogP contribution in [0.5, 0.6) is 5.75 Å². The Balaban J connectivity index is 2.30. The molecule has 0 aromatic heterocycles. The van der Waals surface area contributed by atoms with Gasteiger partial charge in [-0.3, -0.25) is 9.59 Å². The van der Waals surface area contributed by atoms with E-state index in [2.05, 4.69) is 5.32 Å². The SMILES string of the molecule is CC[C@H](C(=O)NC(C)C)N(Cc1ccc(OC)cc1)C(=O)Cc1ccccc1C. The summed E-state index contributed by atoms with van der Waals surface area (Å²) in [6, 6.07) is 15.0. The van der Waals surface area contributed by atoms with Crippen LogP contribution in [-0.2, 0) is 22.6 Å². The topological polar surface area (TPSA) is 58.6 Å². The molecule has 0 saturated heterocycles. The summed E-state index contributed by atoms with van der Waals surface area (Å²) in [5, 5.41) is 2.96. The van der Waals surface area contributed by atoms with Crippen LogP contribution in [0.4, 0.5) is 0 Å². The molecule has 0 saturated carbocycles. The Morgan fingerprint density at radius 3 is 2.28 bits per heavy atom. The number of amides is 2. The summed E-state index contributed by atoms with van der Waals surface area (Å²) in [7, 11) is 1.62. The number of ether oxygens (including phenoxy) is 1. The van der Waals surface area contributed by atoms with Crippen LogP contribution in [0.1, 0.15) is 43.9 Å².